The van der Waals surface area contributed by atoms with Crippen LogP contribution in [0.5, 0.6) is 0 Å². The van der Waals surface area contributed by atoms with E-state index in [1.165, 1.54) is 6.33 Å². The maximum absolute atomic E-state index is 12.3. The number of rotatable bonds is 5. The van der Waals surface area contributed by atoms with Gasteiger partial charge >= 0.3 is 0 Å². The average molecular weight is 483 g/mol. The molecule has 4 rings (SSSR count). The Hall–Kier alpha value is -2.02. The van der Waals surface area contributed by atoms with Crippen LogP contribution in [0.15, 0.2) is 35.4 Å². The summed E-state index contributed by atoms with van der Waals surface area (Å²) in [7, 11) is 0. The normalized spacial score (nSPS) is 22.4. The first kappa shape index (κ1) is 18.3. The van der Waals surface area contributed by atoms with E-state index in [2.05, 4.69) is 42.9 Å². The molecule has 1 fully saturated rings. The van der Waals surface area contributed by atoms with Crippen LogP contribution in [0, 0.1) is 3.57 Å². The van der Waals surface area contributed by atoms with Gasteiger partial charge in [0.05, 0.1) is 19.0 Å². The van der Waals surface area contributed by atoms with Gasteiger partial charge in [-0.05, 0) is 40.3 Å². The summed E-state index contributed by atoms with van der Waals surface area (Å²) >= 11 is 2.24. The molecular weight excluding hydrogens is 465 g/mol. The van der Waals surface area contributed by atoms with Crippen molar-refractivity contribution in [3.8, 4) is 0 Å². The molecule has 1 aliphatic rings. The van der Waals surface area contributed by atoms with Crippen molar-refractivity contribution in [3.05, 3.63) is 50.1 Å². The molecule has 4 N–H and O–H groups in total. The Balaban J connectivity index is 1.60. The number of aliphatic hydroxyl groups is 2. The monoisotopic (exact) mass is 483 g/mol. The Morgan fingerprint density at radius 2 is 2.15 bits per heavy atom. The molecule has 1 aliphatic heterocycles. The number of hydrogen-bond acceptors (Lipinski definition) is 7. The lowest BCUT2D eigenvalue weighted by molar-refractivity contribution is -0.0432. The van der Waals surface area contributed by atoms with Crippen LogP contribution in [0.25, 0.3) is 11.2 Å². The summed E-state index contributed by atoms with van der Waals surface area (Å²) in [6.07, 6.45) is -0.227. The van der Waals surface area contributed by atoms with E-state index in [1.54, 1.807) is 4.57 Å². The van der Waals surface area contributed by atoms with Crippen LogP contribution in [0.3, 0.4) is 0 Å². The highest BCUT2D eigenvalue weighted by atomic mass is 127. The highest BCUT2D eigenvalue weighted by Gasteiger charge is 2.35. The molecule has 0 bridgehead atoms. The van der Waals surface area contributed by atoms with Crippen molar-refractivity contribution in [1.29, 1.82) is 0 Å². The fourth-order valence-electron chi connectivity index (χ4n) is 3.06. The molecule has 3 atom stereocenters. The zero-order valence-corrected chi connectivity index (χ0v) is 16.3. The highest BCUT2D eigenvalue weighted by molar-refractivity contribution is 14.1. The summed E-state index contributed by atoms with van der Waals surface area (Å²) in [5, 5.41) is 22.3. The van der Waals surface area contributed by atoms with E-state index in [4.69, 9.17) is 4.74 Å². The number of anilines is 1. The number of aromatic amines is 1. The second-order valence-corrected chi connectivity index (χ2v) is 7.58. The van der Waals surface area contributed by atoms with E-state index in [1.807, 2.05) is 24.3 Å². The van der Waals surface area contributed by atoms with Gasteiger partial charge in [0, 0.05) is 16.5 Å². The van der Waals surface area contributed by atoms with Crippen LogP contribution in [-0.4, -0.2) is 48.5 Å². The number of nitrogens with zero attached hydrogens (tertiary/aromatic N) is 3. The van der Waals surface area contributed by atoms with Crippen LogP contribution >= 0.6 is 22.6 Å². The Labute approximate surface area is 167 Å². The number of benzene rings is 1. The van der Waals surface area contributed by atoms with E-state index >= 15 is 0 Å². The molecule has 10 heteroatoms. The van der Waals surface area contributed by atoms with Crippen molar-refractivity contribution in [1.82, 2.24) is 19.5 Å². The molecule has 0 spiro atoms. The lowest BCUT2D eigenvalue weighted by atomic mass is 10.2. The van der Waals surface area contributed by atoms with Gasteiger partial charge in [-0.25, -0.2) is 4.98 Å². The van der Waals surface area contributed by atoms with Crippen LogP contribution in [-0.2, 0) is 11.3 Å². The number of nitrogens with one attached hydrogen (secondary N) is 2. The van der Waals surface area contributed by atoms with E-state index in [0.29, 0.717) is 18.1 Å². The Morgan fingerprint density at radius 1 is 1.37 bits per heavy atom. The number of fused-ring (bicyclic) bond motifs is 1. The molecule has 3 aromatic rings. The number of imidazole rings is 1. The first-order valence-corrected chi connectivity index (χ1v) is 9.52. The maximum atomic E-state index is 12.3. The molecule has 142 valence electrons. The molecule has 0 aliphatic carbocycles. The molecular formula is C17H18IN5O4. The molecule has 27 heavy (non-hydrogen) atoms. The fraction of sp³-hybridized carbons (Fsp3) is 0.353. The summed E-state index contributed by atoms with van der Waals surface area (Å²) in [6.45, 7) is 0.228. The second kappa shape index (κ2) is 7.54. The van der Waals surface area contributed by atoms with Gasteiger partial charge in [-0.1, -0.05) is 12.1 Å². The van der Waals surface area contributed by atoms with Crippen LogP contribution in [0.4, 0.5) is 5.95 Å². The average Bonchev–Trinajstić information content (AvgIpc) is 3.24. The molecule has 1 saturated heterocycles. The van der Waals surface area contributed by atoms with Gasteiger partial charge in [0.25, 0.3) is 5.56 Å². The Bertz CT molecular complexity index is 1000. The number of hydrogen-bond donors (Lipinski definition) is 4. The summed E-state index contributed by atoms with van der Waals surface area (Å²) in [4.78, 5) is 23.6. The highest BCUT2D eigenvalue weighted by Crippen LogP contribution is 2.30. The minimum atomic E-state index is -0.780. The molecule has 3 heterocycles. The van der Waals surface area contributed by atoms with Gasteiger partial charge in [-0.3, -0.25) is 14.3 Å². The summed E-state index contributed by atoms with van der Waals surface area (Å²) in [5.41, 5.74) is 1.25. The largest absolute Gasteiger partial charge is 0.394 e. The van der Waals surface area contributed by atoms with E-state index in [-0.39, 0.29) is 24.1 Å². The summed E-state index contributed by atoms with van der Waals surface area (Å²) in [5.74, 6) is 0.324. The SMILES string of the molecule is O=c1[nH]c(NCc2ccc(I)cc2)nc2c1ncn2[C@H]1C[C@H](O)[C@@H](CO)O1. The van der Waals surface area contributed by atoms with Gasteiger partial charge in [0.15, 0.2) is 11.2 Å². The van der Waals surface area contributed by atoms with E-state index in [0.717, 1.165) is 9.13 Å². The molecule has 1 aromatic carbocycles. The standard InChI is InChI=1S/C17H18IN5O4/c18-10-3-1-9(2-4-10)6-19-17-21-15-14(16(26)22-17)20-8-23(15)13-5-11(25)12(7-24)27-13/h1-4,8,11-13,24-25H,5-7H2,(H2,19,21,22,26)/t11-,12+,13+/m0/s1. The van der Waals surface area contributed by atoms with Crippen LogP contribution in [0.2, 0.25) is 0 Å². The van der Waals surface area contributed by atoms with E-state index in [9.17, 15) is 15.0 Å². The van der Waals surface area contributed by atoms with Gasteiger partial charge in [0.2, 0.25) is 5.95 Å². The van der Waals surface area contributed by atoms with Crippen molar-refractivity contribution >= 4 is 39.7 Å². The number of halogens is 1. The van der Waals surface area contributed by atoms with Gasteiger partial charge in [0.1, 0.15) is 12.3 Å². The van der Waals surface area contributed by atoms with Crippen molar-refractivity contribution in [3.63, 3.8) is 0 Å². The second-order valence-electron chi connectivity index (χ2n) is 6.33. The molecule has 0 saturated carbocycles. The Kier molecular flexibility index (Phi) is 5.12. The zero-order valence-electron chi connectivity index (χ0n) is 14.2. The predicted molar refractivity (Wildman–Crippen MR) is 106 cm³/mol. The number of aromatic nitrogens is 4. The lowest BCUT2D eigenvalue weighted by Crippen LogP contribution is -2.24. The topological polar surface area (TPSA) is 125 Å². The minimum absolute atomic E-state index is 0.195. The van der Waals surface area contributed by atoms with Gasteiger partial charge < -0.3 is 20.3 Å². The smallest absolute Gasteiger partial charge is 0.280 e. The van der Waals surface area contributed by atoms with Crippen LogP contribution < -0.4 is 10.9 Å². The quantitative estimate of drug-likeness (QED) is 0.399. The van der Waals surface area contributed by atoms with Gasteiger partial charge in [-0.2, -0.15) is 4.98 Å². The van der Waals surface area contributed by atoms with E-state index < -0.39 is 18.4 Å². The molecule has 0 radical (unpaired) electrons. The maximum Gasteiger partial charge on any atom is 0.280 e. The third-order valence-electron chi connectivity index (χ3n) is 4.50. The van der Waals surface area contributed by atoms with Crippen molar-refractivity contribution in [2.24, 2.45) is 0 Å². The van der Waals surface area contributed by atoms with Crippen molar-refractivity contribution in [2.75, 3.05) is 11.9 Å². The predicted octanol–water partition coefficient (Wildman–Crippen LogP) is 0.977. The molecule has 2 aromatic heterocycles. The van der Waals surface area contributed by atoms with Crippen molar-refractivity contribution in [2.45, 2.75) is 31.4 Å². The first-order chi connectivity index (χ1) is 13.0. The molecule has 0 amide bonds. The number of ether oxygens (including phenoxy) is 1. The zero-order chi connectivity index (χ0) is 19.0. The van der Waals surface area contributed by atoms with Crippen molar-refractivity contribution < 1.29 is 14.9 Å². The third kappa shape index (κ3) is 3.70. The summed E-state index contributed by atoms with van der Waals surface area (Å²) in [6, 6.07) is 8.01. The van der Waals surface area contributed by atoms with Crippen LogP contribution in [0.1, 0.15) is 18.2 Å². The fourth-order valence-corrected chi connectivity index (χ4v) is 3.42. The molecule has 0 unspecified atom stereocenters. The molecule has 9 nitrogen and oxygen atoms in total. The van der Waals surface area contributed by atoms with Gasteiger partial charge in [-0.15, -0.1) is 0 Å². The third-order valence-corrected chi connectivity index (χ3v) is 5.22. The number of aliphatic hydroxyl groups excluding tert-OH is 2. The number of H-pyrrole nitrogens is 1. The minimum Gasteiger partial charge on any atom is -0.394 e. The summed E-state index contributed by atoms with van der Waals surface area (Å²) < 4.78 is 8.40. The Morgan fingerprint density at radius 3 is 2.85 bits per heavy atom. The lowest BCUT2D eigenvalue weighted by Gasteiger charge is -2.14. The first-order valence-electron chi connectivity index (χ1n) is 8.44.